The summed E-state index contributed by atoms with van der Waals surface area (Å²) in [5.74, 6) is -6.94. The molecule has 0 aliphatic rings. The lowest BCUT2D eigenvalue weighted by molar-refractivity contribution is 0.350. The standard InChI is InChI=1S/C43H28O9/c1-19-24(20-8-3-2-4-9-20)12-7-13-25(19)31-34-32(36(44)40(48)42(50)38(34)46)30(33-35(31)39(47)43(51)41(49)37(33)45)23-14-15-26-27-16-21-10-5-6-11-22(21)17-29(27)52-28(26)18-23/h2-18,44-51H,1H3/p+1. The van der Waals surface area contributed by atoms with E-state index in [0.29, 0.717) is 27.9 Å². The molecule has 1 heterocycles. The molecule has 0 amide bonds. The Morgan fingerprint density at radius 2 is 1.00 bits per heavy atom. The van der Waals surface area contributed by atoms with Crippen LogP contribution in [0.4, 0.5) is 0 Å². The molecule has 0 saturated carbocycles. The van der Waals surface area contributed by atoms with Crippen LogP contribution in [-0.2, 0) is 0 Å². The van der Waals surface area contributed by atoms with Crippen LogP contribution in [0.3, 0.4) is 0 Å². The van der Waals surface area contributed by atoms with Crippen LogP contribution in [-0.4, -0.2) is 40.9 Å². The van der Waals surface area contributed by atoms with Gasteiger partial charge in [-0.25, -0.2) is 0 Å². The Bertz CT molecular complexity index is 2920. The van der Waals surface area contributed by atoms with Gasteiger partial charge in [0.1, 0.15) is 11.2 Å². The normalized spacial score (nSPS) is 11.8. The second-order valence-electron chi connectivity index (χ2n) is 12.9. The molecule has 0 radical (unpaired) electrons. The van der Waals surface area contributed by atoms with E-state index in [9.17, 15) is 35.7 Å². The Kier molecular flexibility index (Phi) is 6.43. The number of benzene rings is 8. The Balaban J connectivity index is 1.48. The van der Waals surface area contributed by atoms with Crippen molar-refractivity contribution in [1.82, 2.24) is 0 Å². The molecule has 9 nitrogen and oxygen atoms in total. The van der Waals surface area contributed by atoms with Gasteiger partial charge >= 0.3 is 5.75 Å². The number of hydrogen-bond acceptors (Lipinski definition) is 8. The number of fused-ring (bicyclic) bond motifs is 6. The molecular weight excluding hydrogens is 660 g/mol. The quantitative estimate of drug-likeness (QED) is 0.0415. The Morgan fingerprint density at radius 3 is 1.69 bits per heavy atom. The van der Waals surface area contributed by atoms with E-state index in [1.54, 1.807) is 30.3 Å². The van der Waals surface area contributed by atoms with Gasteiger partial charge in [0.15, 0.2) is 17.2 Å². The molecule has 0 aliphatic heterocycles. The maximum Gasteiger partial charge on any atom is 0.309 e. The van der Waals surface area contributed by atoms with Crippen LogP contribution in [0, 0.1) is 6.92 Å². The molecule has 9 heteroatoms. The van der Waals surface area contributed by atoms with Crippen molar-refractivity contribution < 1.29 is 45.3 Å². The maximum atomic E-state index is 11.7. The highest BCUT2D eigenvalue weighted by molar-refractivity contribution is 6.29. The maximum absolute atomic E-state index is 11.7. The second kappa shape index (κ2) is 10.9. The van der Waals surface area contributed by atoms with Gasteiger partial charge in [0, 0.05) is 38.1 Å². The summed E-state index contributed by atoms with van der Waals surface area (Å²) < 4.78 is 6.31. The topological polar surface area (TPSA) is 178 Å². The average Bonchev–Trinajstić information content (AvgIpc) is 3.52. The lowest BCUT2D eigenvalue weighted by Crippen LogP contribution is -1.96. The summed E-state index contributed by atoms with van der Waals surface area (Å²) in [6.07, 6.45) is 0. The SMILES string of the molecule is Cc1c(-c2ccccc2)cccc1-c1c2c(O)c(O)c(O)c(O)c2c(-c2ccc3c(c2)oc2cc4ccccc4cc23)c2c(O)c(O)c(O)c([OH2+])c12. The molecule has 0 fully saturated rings. The molecule has 0 atom stereocenters. The zero-order valence-electron chi connectivity index (χ0n) is 27.4. The molecule has 0 unspecified atom stereocenters. The van der Waals surface area contributed by atoms with Crippen LogP contribution in [0.25, 0.3) is 87.6 Å². The van der Waals surface area contributed by atoms with E-state index in [4.69, 9.17) is 9.52 Å². The minimum atomic E-state index is -1.02. The fourth-order valence-electron chi connectivity index (χ4n) is 7.65. The monoisotopic (exact) mass is 689 g/mol. The van der Waals surface area contributed by atoms with Crippen molar-refractivity contribution in [3.8, 4) is 79.4 Å². The van der Waals surface area contributed by atoms with Crippen molar-refractivity contribution >= 4 is 54.3 Å². The minimum absolute atomic E-state index is 0.0115. The summed E-state index contributed by atoms with van der Waals surface area (Å²) in [5, 5.41) is 91.1. The van der Waals surface area contributed by atoms with E-state index in [1.165, 1.54) is 0 Å². The van der Waals surface area contributed by atoms with E-state index in [-0.39, 0.29) is 32.7 Å². The van der Waals surface area contributed by atoms with E-state index < -0.39 is 46.0 Å². The molecule has 9 rings (SSSR count). The Hall–Kier alpha value is -7.26. The molecule has 0 spiro atoms. The van der Waals surface area contributed by atoms with E-state index in [1.807, 2.05) is 79.7 Å². The fraction of sp³-hybridized carbons (Fsp3) is 0.0233. The van der Waals surface area contributed by atoms with Gasteiger partial charge < -0.3 is 45.3 Å². The van der Waals surface area contributed by atoms with E-state index >= 15 is 0 Å². The predicted molar refractivity (Wildman–Crippen MR) is 202 cm³/mol. The van der Waals surface area contributed by atoms with Gasteiger partial charge in [-0.15, -0.1) is 0 Å². The molecule has 8 aromatic carbocycles. The number of aromatic hydroxyl groups is 7. The van der Waals surface area contributed by atoms with Crippen molar-refractivity contribution in [1.29, 1.82) is 0 Å². The largest absolute Gasteiger partial charge is 0.590 e. The molecule has 9 aromatic rings. The summed E-state index contributed by atoms with van der Waals surface area (Å²) in [6.45, 7) is 1.82. The molecule has 0 saturated heterocycles. The lowest BCUT2D eigenvalue weighted by atomic mass is 9.81. The molecule has 1 aromatic heterocycles. The zero-order chi connectivity index (χ0) is 36.2. The number of phenolic OH excluding ortho intramolecular Hbond substituents is 7. The molecule has 0 aliphatic carbocycles. The van der Waals surface area contributed by atoms with Crippen LogP contribution in [0.2, 0.25) is 0 Å². The van der Waals surface area contributed by atoms with Crippen LogP contribution < -0.4 is 0 Å². The first-order chi connectivity index (χ1) is 25.1. The lowest BCUT2D eigenvalue weighted by Gasteiger charge is -2.22. The van der Waals surface area contributed by atoms with Crippen LogP contribution >= 0.6 is 0 Å². The summed E-state index contributed by atoms with van der Waals surface area (Å²) in [5.41, 5.74) is 4.12. The van der Waals surface area contributed by atoms with Crippen molar-refractivity contribution in [3.05, 3.63) is 109 Å². The smallest absolute Gasteiger partial charge is 0.309 e. The summed E-state index contributed by atoms with van der Waals surface area (Å²) in [7, 11) is 0. The van der Waals surface area contributed by atoms with Crippen LogP contribution in [0.15, 0.2) is 108 Å². The van der Waals surface area contributed by atoms with Gasteiger partial charge in [-0.05, 0) is 69.8 Å². The minimum Gasteiger partial charge on any atom is -0.590 e. The number of phenols is 7. The molecule has 0 bridgehead atoms. The number of rotatable bonds is 3. The highest BCUT2D eigenvalue weighted by Crippen LogP contribution is 2.62. The summed E-state index contributed by atoms with van der Waals surface area (Å²) >= 11 is 0. The first-order valence-corrected chi connectivity index (χ1v) is 16.3. The summed E-state index contributed by atoms with van der Waals surface area (Å²) in [6, 6.07) is 31.8. The third-order valence-electron chi connectivity index (χ3n) is 10.1. The van der Waals surface area contributed by atoms with Gasteiger partial charge in [0.2, 0.25) is 17.2 Å². The van der Waals surface area contributed by atoms with Gasteiger partial charge in [0.05, 0.1) is 5.39 Å². The average molecular weight is 690 g/mol. The highest BCUT2D eigenvalue weighted by atomic mass is 16.4. The Morgan fingerprint density at radius 1 is 0.442 bits per heavy atom. The van der Waals surface area contributed by atoms with Crippen LogP contribution in [0.5, 0.6) is 46.0 Å². The van der Waals surface area contributed by atoms with Crippen molar-refractivity contribution in [3.63, 3.8) is 0 Å². The van der Waals surface area contributed by atoms with Crippen molar-refractivity contribution in [2.24, 2.45) is 0 Å². The second-order valence-corrected chi connectivity index (χ2v) is 12.9. The zero-order valence-corrected chi connectivity index (χ0v) is 27.4. The van der Waals surface area contributed by atoms with E-state index in [0.717, 1.165) is 32.7 Å². The van der Waals surface area contributed by atoms with Crippen LogP contribution in [0.1, 0.15) is 5.56 Å². The third-order valence-corrected chi connectivity index (χ3v) is 10.1. The third kappa shape index (κ3) is 4.10. The fourth-order valence-corrected chi connectivity index (χ4v) is 7.65. The molecule has 52 heavy (non-hydrogen) atoms. The van der Waals surface area contributed by atoms with Crippen molar-refractivity contribution in [2.45, 2.75) is 6.92 Å². The summed E-state index contributed by atoms with van der Waals surface area (Å²) in [4.78, 5) is 0. The Labute approximate surface area is 294 Å². The van der Waals surface area contributed by atoms with Gasteiger partial charge in [-0.3, -0.25) is 0 Å². The molecule has 9 N–H and O–H groups in total. The van der Waals surface area contributed by atoms with Crippen molar-refractivity contribution in [2.75, 3.05) is 0 Å². The van der Waals surface area contributed by atoms with E-state index in [2.05, 4.69) is 0 Å². The highest BCUT2D eigenvalue weighted by Gasteiger charge is 2.34. The van der Waals surface area contributed by atoms with Gasteiger partial charge in [-0.1, -0.05) is 78.9 Å². The predicted octanol–water partition coefficient (Wildman–Crippen LogP) is 9.73. The number of furan rings is 1. The first-order valence-electron chi connectivity index (χ1n) is 16.3. The molecule has 254 valence electrons. The van der Waals surface area contributed by atoms with Gasteiger partial charge in [0.25, 0.3) is 5.75 Å². The van der Waals surface area contributed by atoms with Gasteiger partial charge in [-0.2, -0.15) is 0 Å². The number of hydrogen-bond donors (Lipinski definition) is 7. The first kappa shape index (κ1) is 30.8. The molecular formula is C43H29O9+.